The lowest BCUT2D eigenvalue weighted by Gasteiger charge is -2.39. The molecule has 1 amide bonds. The van der Waals surface area contributed by atoms with Gasteiger partial charge in [0.2, 0.25) is 0 Å². The number of amides is 1. The topological polar surface area (TPSA) is 43.8 Å². The summed E-state index contributed by atoms with van der Waals surface area (Å²) in [4.78, 5) is 16.5. The van der Waals surface area contributed by atoms with Gasteiger partial charge in [0, 0.05) is 37.6 Å². The number of piperazine rings is 1. The van der Waals surface area contributed by atoms with Crippen molar-refractivity contribution in [3.8, 4) is 0 Å². The first-order valence-electron chi connectivity index (χ1n) is 6.99. The van der Waals surface area contributed by atoms with Crippen molar-refractivity contribution >= 4 is 17.2 Å². The monoisotopic (exact) mass is 280 g/mol. The molecule has 1 N–H and O–H groups in total. The number of aliphatic hydroxyl groups excluding tert-OH is 1. The fourth-order valence-corrected chi connectivity index (χ4v) is 3.80. The first-order valence-corrected chi connectivity index (χ1v) is 7.93. The number of rotatable bonds is 2. The van der Waals surface area contributed by atoms with E-state index >= 15 is 0 Å². The van der Waals surface area contributed by atoms with Crippen LogP contribution in [-0.4, -0.2) is 59.1 Å². The summed E-state index contributed by atoms with van der Waals surface area (Å²) >= 11 is 1.56. The van der Waals surface area contributed by atoms with E-state index in [-0.39, 0.29) is 12.0 Å². The molecule has 0 bridgehead atoms. The zero-order valence-electron chi connectivity index (χ0n) is 11.0. The molecule has 0 aromatic carbocycles. The Balaban J connectivity index is 1.56. The Bertz CT molecular complexity index is 427. The first kappa shape index (κ1) is 13.1. The molecule has 1 saturated heterocycles. The second-order valence-corrected chi connectivity index (χ2v) is 6.19. The van der Waals surface area contributed by atoms with E-state index in [1.807, 2.05) is 21.7 Å². The fraction of sp³-hybridized carbons (Fsp3) is 0.643. The molecule has 5 heteroatoms. The summed E-state index contributed by atoms with van der Waals surface area (Å²) in [5, 5.41) is 13.8. The number of hydrogen-bond acceptors (Lipinski definition) is 4. The van der Waals surface area contributed by atoms with Gasteiger partial charge in [0.1, 0.15) is 0 Å². The highest BCUT2D eigenvalue weighted by atomic mass is 32.1. The van der Waals surface area contributed by atoms with Crippen LogP contribution in [0.2, 0.25) is 0 Å². The number of nitrogens with zero attached hydrogens (tertiary/aromatic N) is 2. The van der Waals surface area contributed by atoms with E-state index in [0.29, 0.717) is 6.04 Å². The SMILES string of the molecule is O=C(c1ccsc1)N1CCN([C@H]2CCC[C@H]2O)CC1. The van der Waals surface area contributed by atoms with Gasteiger partial charge in [-0.05, 0) is 30.7 Å². The molecule has 2 aliphatic rings. The van der Waals surface area contributed by atoms with Crippen LogP contribution in [0.3, 0.4) is 0 Å². The van der Waals surface area contributed by atoms with E-state index in [2.05, 4.69) is 4.90 Å². The maximum atomic E-state index is 12.2. The van der Waals surface area contributed by atoms with Crippen molar-refractivity contribution < 1.29 is 9.90 Å². The average Bonchev–Trinajstić information content (AvgIpc) is 3.09. The number of carbonyl (C=O) groups is 1. The van der Waals surface area contributed by atoms with Crippen LogP contribution in [0.15, 0.2) is 16.8 Å². The van der Waals surface area contributed by atoms with E-state index in [4.69, 9.17) is 0 Å². The van der Waals surface area contributed by atoms with Crippen molar-refractivity contribution in [1.29, 1.82) is 0 Å². The van der Waals surface area contributed by atoms with Crippen LogP contribution < -0.4 is 0 Å². The van der Waals surface area contributed by atoms with Crippen LogP contribution >= 0.6 is 11.3 Å². The third kappa shape index (κ3) is 2.68. The molecular weight excluding hydrogens is 260 g/mol. The zero-order valence-corrected chi connectivity index (χ0v) is 11.8. The zero-order chi connectivity index (χ0) is 13.2. The molecule has 3 rings (SSSR count). The normalized spacial score (nSPS) is 28.8. The van der Waals surface area contributed by atoms with Crippen LogP contribution in [0.5, 0.6) is 0 Å². The maximum Gasteiger partial charge on any atom is 0.254 e. The van der Waals surface area contributed by atoms with Crippen LogP contribution in [0.4, 0.5) is 0 Å². The maximum absolute atomic E-state index is 12.2. The van der Waals surface area contributed by atoms with Gasteiger partial charge in [0.15, 0.2) is 0 Å². The summed E-state index contributed by atoms with van der Waals surface area (Å²) in [7, 11) is 0. The van der Waals surface area contributed by atoms with Gasteiger partial charge in [-0.3, -0.25) is 9.69 Å². The molecule has 2 heterocycles. The molecule has 2 atom stereocenters. The van der Waals surface area contributed by atoms with Gasteiger partial charge in [0.25, 0.3) is 5.91 Å². The lowest BCUT2D eigenvalue weighted by atomic mass is 10.1. The minimum atomic E-state index is -0.167. The van der Waals surface area contributed by atoms with Gasteiger partial charge in [0.05, 0.1) is 11.7 Å². The Kier molecular flexibility index (Phi) is 3.86. The molecule has 2 fully saturated rings. The highest BCUT2D eigenvalue weighted by molar-refractivity contribution is 7.08. The quantitative estimate of drug-likeness (QED) is 0.891. The van der Waals surface area contributed by atoms with Gasteiger partial charge in [-0.2, -0.15) is 11.3 Å². The molecule has 0 unspecified atom stereocenters. The molecule has 1 aromatic rings. The highest BCUT2D eigenvalue weighted by Gasteiger charge is 2.33. The van der Waals surface area contributed by atoms with Crippen LogP contribution in [0.25, 0.3) is 0 Å². The summed E-state index contributed by atoms with van der Waals surface area (Å²) < 4.78 is 0. The minimum Gasteiger partial charge on any atom is -0.391 e. The summed E-state index contributed by atoms with van der Waals surface area (Å²) in [5.74, 6) is 0.146. The molecule has 1 aromatic heterocycles. The van der Waals surface area contributed by atoms with E-state index in [9.17, 15) is 9.90 Å². The number of aliphatic hydroxyl groups is 1. The first-order chi connectivity index (χ1) is 9.25. The Morgan fingerprint density at radius 3 is 2.63 bits per heavy atom. The smallest absolute Gasteiger partial charge is 0.254 e. The Labute approximate surface area is 117 Å². The largest absolute Gasteiger partial charge is 0.391 e. The third-order valence-electron chi connectivity index (χ3n) is 4.28. The third-order valence-corrected chi connectivity index (χ3v) is 4.97. The van der Waals surface area contributed by atoms with Crippen molar-refractivity contribution in [3.63, 3.8) is 0 Å². The van der Waals surface area contributed by atoms with E-state index in [1.165, 1.54) is 0 Å². The standard InChI is InChI=1S/C14H20N2O2S/c17-13-3-1-2-12(13)15-5-7-16(8-6-15)14(18)11-4-9-19-10-11/h4,9-10,12-13,17H,1-3,5-8H2/t12-,13+/m0/s1. The van der Waals surface area contributed by atoms with Crippen LogP contribution in [0, 0.1) is 0 Å². The Morgan fingerprint density at radius 1 is 1.26 bits per heavy atom. The molecule has 1 saturated carbocycles. The van der Waals surface area contributed by atoms with Gasteiger partial charge >= 0.3 is 0 Å². The Hall–Kier alpha value is -0.910. The number of thiophene rings is 1. The van der Waals surface area contributed by atoms with Gasteiger partial charge < -0.3 is 10.0 Å². The van der Waals surface area contributed by atoms with Gasteiger partial charge in [-0.1, -0.05) is 0 Å². The lowest BCUT2D eigenvalue weighted by Crippen LogP contribution is -2.53. The molecule has 1 aliphatic heterocycles. The average molecular weight is 280 g/mol. The van der Waals surface area contributed by atoms with Crippen molar-refractivity contribution in [2.45, 2.75) is 31.4 Å². The molecule has 0 spiro atoms. The van der Waals surface area contributed by atoms with Crippen LogP contribution in [-0.2, 0) is 0 Å². The lowest BCUT2D eigenvalue weighted by molar-refractivity contribution is 0.0316. The van der Waals surface area contributed by atoms with Crippen molar-refractivity contribution in [2.75, 3.05) is 26.2 Å². The van der Waals surface area contributed by atoms with E-state index in [0.717, 1.165) is 51.0 Å². The Morgan fingerprint density at radius 2 is 2.05 bits per heavy atom. The number of carbonyl (C=O) groups excluding carboxylic acids is 1. The minimum absolute atomic E-state index is 0.146. The molecule has 0 radical (unpaired) electrons. The van der Waals surface area contributed by atoms with Crippen LogP contribution in [0.1, 0.15) is 29.6 Å². The van der Waals surface area contributed by atoms with Gasteiger partial charge in [-0.15, -0.1) is 0 Å². The highest BCUT2D eigenvalue weighted by Crippen LogP contribution is 2.25. The van der Waals surface area contributed by atoms with Crippen molar-refractivity contribution in [1.82, 2.24) is 9.80 Å². The molecule has 1 aliphatic carbocycles. The molecule has 4 nitrogen and oxygen atoms in total. The van der Waals surface area contributed by atoms with Gasteiger partial charge in [-0.25, -0.2) is 0 Å². The molecular formula is C14H20N2O2S. The molecule has 104 valence electrons. The summed E-state index contributed by atoms with van der Waals surface area (Å²) in [6, 6.07) is 2.21. The van der Waals surface area contributed by atoms with E-state index in [1.54, 1.807) is 11.3 Å². The second kappa shape index (κ2) is 5.61. The van der Waals surface area contributed by atoms with E-state index < -0.39 is 0 Å². The number of hydrogen-bond donors (Lipinski definition) is 1. The second-order valence-electron chi connectivity index (χ2n) is 5.41. The fourth-order valence-electron chi connectivity index (χ4n) is 3.17. The summed E-state index contributed by atoms with van der Waals surface area (Å²) in [5.41, 5.74) is 0.805. The molecule has 19 heavy (non-hydrogen) atoms. The summed E-state index contributed by atoms with van der Waals surface area (Å²) in [6.07, 6.45) is 2.98. The predicted molar refractivity (Wildman–Crippen MR) is 75.4 cm³/mol. The summed E-state index contributed by atoms with van der Waals surface area (Å²) in [6.45, 7) is 3.32. The predicted octanol–water partition coefficient (Wildman–Crippen LogP) is 1.42. The van der Waals surface area contributed by atoms with Crippen molar-refractivity contribution in [2.24, 2.45) is 0 Å². The van der Waals surface area contributed by atoms with Crippen molar-refractivity contribution in [3.05, 3.63) is 22.4 Å².